The molecule has 0 bridgehead atoms. The third-order valence-electron chi connectivity index (χ3n) is 4.79. The zero-order chi connectivity index (χ0) is 14.7. The summed E-state index contributed by atoms with van der Waals surface area (Å²) in [6.45, 7) is 2.50. The summed E-state index contributed by atoms with van der Waals surface area (Å²) in [5.74, 6) is -0.389. The van der Waals surface area contributed by atoms with Crippen molar-refractivity contribution in [3.63, 3.8) is 0 Å². The number of thiazole rings is 1. The molecule has 2 aliphatic heterocycles. The number of alkyl halides is 1. The molecule has 1 aliphatic carbocycles. The second-order valence-electron chi connectivity index (χ2n) is 6.48. The molecule has 1 spiro atoms. The summed E-state index contributed by atoms with van der Waals surface area (Å²) in [6.07, 6.45) is 1.61. The number of carbonyl (C=O) groups excluding carboxylic acids is 2. The van der Waals surface area contributed by atoms with Gasteiger partial charge in [-0.1, -0.05) is 0 Å². The van der Waals surface area contributed by atoms with E-state index in [9.17, 15) is 14.0 Å². The van der Waals surface area contributed by atoms with E-state index in [-0.39, 0.29) is 17.2 Å². The molecule has 2 amide bonds. The number of amides is 2. The van der Waals surface area contributed by atoms with Crippen molar-refractivity contribution in [2.24, 2.45) is 5.41 Å². The standard InChI is InChI=1S/C14H16FN3O2S/c15-14(1-2-14)12(20)18-7-13(8-18)3-4-17(6-13)11(19)10-5-21-9-16-10/h5,9H,1-4,6-8H2. The lowest BCUT2D eigenvalue weighted by molar-refractivity contribution is -0.149. The number of aromatic nitrogens is 1. The van der Waals surface area contributed by atoms with Gasteiger partial charge in [-0.05, 0) is 19.3 Å². The number of halogens is 1. The maximum absolute atomic E-state index is 13.8. The molecular weight excluding hydrogens is 293 g/mol. The van der Waals surface area contributed by atoms with E-state index in [1.54, 1.807) is 20.7 Å². The average Bonchev–Trinajstić information content (AvgIpc) is 2.90. The fraction of sp³-hybridized carbons (Fsp3) is 0.643. The van der Waals surface area contributed by atoms with Gasteiger partial charge < -0.3 is 9.80 Å². The minimum Gasteiger partial charge on any atom is -0.339 e. The monoisotopic (exact) mass is 309 g/mol. The Kier molecular flexibility index (Phi) is 2.67. The quantitative estimate of drug-likeness (QED) is 0.828. The number of likely N-dealkylation sites (tertiary alicyclic amines) is 2. The van der Waals surface area contributed by atoms with Crippen LogP contribution in [0.4, 0.5) is 4.39 Å². The second kappa shape index (κ2) is 4.25. The predicted molar refractivity (Wildman–Crippen MR) is 74.7 cm³/mol. The maximum atomic E-state index is 13.8. The molecule has 4 rings (SSSR count). The van der Waals surface area contributed by atoms with Gasteiger partial charge in [-0.25, -0.2) is 9.37 Å². The number of hydrogen-bond acceptors (Lipinski definition) is 4. The van der Waals surface area contributed by atoms with Crippen LogP contribution in [0, 0.1) is 5.41 Å². The van der Waals surface area contributed by atoms with Crippen LogP contribution in [-0.2, 0) is 4.79 Å². The van der Waals surface area contributed by atoms with E-state index in [0.29, 0.717) is 44.7 Å². The highest BCUT2D eigenvalue weighted by atomic mass is 32.1. The van der Waals surface area contributed by atoms with Gasteiger partial charge in [-0.3, -0.25) is 9.59 Å². The van der Waals surface area contributed by atoms with Gasteiger partial charge in [0.25, 0.3) is 11.8 Å². The minimum absolute atomic E-state index is 0.0212. The molecule has 21 heavy (non-hydrogen) atoms. The van der Waals surface area contributed by atoms with Gasteiger partial charge in [0, 0.05) is 37.0 Å². The fourth-order valence-corrected chi connectivity index (χ4v) is 3.89. The molecule has 0 atom stereocenters. The molecule has 0 N–H and O–H groups in total. The minimum atomic E-state index is -1.57. The lowest BCUT2D eigenvalue weighted by atomic mass is 9.78. The van der Waals surface area contributed by atoms with Gasteiger partial charge in [-0.2, -0.15) is 0 Å². The lowest BCUT2D eigenvalue weighted by Gasteiger charge is -2.48. The molecule has 112 valence electrons. The zero-order valence-electron chi connectivity index (χ0n) is 11.5. The van der Waals surface area contributed by atoms with E-state index >= 15 is 0 Å². The third-order valence-corrected chi connectivity index (χ3v) is 5.38. The Hall–Kier alpha value is -1.50. The molecule has 0 unspecified atom stereocenters. The van der Waals surface area contributed by atoms with Crippen LogP contribution >= 0.6 is 11.3 Å². The van der Waals surface area contributed by atoms with Crippen LogP contribution in [0.2, 0.25) is 0 Å². The molecule has 3 aliphatic rings. The van der Waals surface area contributed by atoms with Gasteiger partial charge in [0.1, 0.15) is 5.69 Å². The lowest BCUT2D eigenvalue weighted by Crippen LogP contribution is -2.61. The molecule has 7 heteroatoms. The van der Waals surface area contributed by atoms with Crippen LogP contribution in [0.25, 0.3) is 0 Å². The van der Waals surface area contributed by atoms with Crippen LogP contribution < -0.4 is 0 Å². The molecule has 0 aromatic carbocycles. The van der Waals surface area contributed by atoms with Crippen LogP contribution in [0.3, 0.4) is 0 Å². The van der Waals surface area contributed by atoms with E-state index in [2.05, 4.69) is 4.98 Å². The first-order valence-electron chi connectivity index (χ1n) is 7.17. The highest BCUT2D eigenvalue weighted by Crippen LogP contribution is 2.46. The van der Waals surface area contributed by atoms with Gasteiger partial charge in [0.15, 0.2) is 5.67 Å². The Morgan fingerprint density at radius 1 is 1.19 bits per heavy atom. The highest BCUT2D eigenvalue weighted by Gasteiger charge is 2.58. The fourth-order valence-electron chi connectivity index (χ4n) is 3.36. The number of carbonyl (C=O) groups is 2. The molecule has 1 aromatic rings. The molecular formula is C14H16FN3O2S. The smallest absolute Gasteiger partial charge is 0.273 e. The Morgan fingerprint density at radius 2 is 1.90 bits per heavy atom. The summed E-state index contributed by atoms with van der Waals surface area (Å²) in [4.78, 5) is 31.6. The largest absolute Gasteiger partial charge is 0.339 e. The van der Waals surface area contributed by atoms with E-state index in [4.69, 9.17) is 0 Å². The predicted octanol–water partition coefficient (Wildman–Crippen LogP) is 1.32. The molecule has 3 fully saturated rings. The van der Waals surface area contributed by atoms with Gasteiger partial charge >= 0.3 is 0 Å². The Bertz CT molecular complexity index is 593. The van der Waals surface area contributed by atoms with Crippen molar-refractivity contribution < 1.29 is 14.0 Å². The van der Waals surface area contributed by atoms with Crippen molar-refractivity contribution in [3.05, 3.63) is 16.6 Å². The van der Waals surface area contributed by atoms with E-state index in [0.717, 1.165) is 6.42 Å². The first-order chi connectivity index (χ1) is 10.0. The molecule has 1 aromatic heterocycles. The summed E-state index contributed by atoms with van der Waals surface area (Å²) in [5, 5.41) is 1.75. The van der Waals surface area contributed by atoms with E-state index in [1.165, 1.54) is 11.3 Å². The molecule has 3 heterocycles. The summed E-state index contributed by atoms with van der Waals surface area (Å²) in [7, 11) is 0. The van der Waals surface area contributed by atoms with Crippen molar-refractivity contribution in [3.8, 4) is 0 Å². The van der Waals surface area contributed by atoms with Gasteiger partial charge in [0.05, 0.1) is 5.51 Å². The topological polar surface area (TPSA) is 53.5 Å². The zero-order valence-corrected chi connectivity index (χ0v) is 12.4. The Labute approximate surface area is 125 Å². The van der Waals surface area contributed by atoms with E-state index in [1.807, 2.05) is 0 Å². The SMILES string of the molecule is O=C(c1cscn1)N1CCC2(C1)CN(C(=O)C1(F)CC1)C2. The summed E-state index contributed by atoms with van der Waals surface area (Å²) < 4.78 is 13.8. The van der Waals surface area contributed by atoms with Crippen molar-refractivity contribution in [2.75, 3.05) is 26.2 Å². The van der Waals surface area contributed by atoms with Crippen LogP contribution in [-0.4, -0.2) is 58.4 Å². The summed E-state index contributed by atoms with van der Waals surface area (Å²) in [5.41, 5.74) is 0.548. The van der Waals surface area contributed by atoms with Crippen LogP contribution in [0.1, 0.15) is 29.8 Å². The molecule has 0 radical (unpaired) electrons. The third kappa shape index (κ3) is 2.06. The first kappa shape index (κ1) is 13.2. The van der Waals surface area contributed by atoms with Crippen molar-refractivity contribution in [2.45, 2.75) is 24.9 Å². The average molecular weight is 309 g/mol. The number of hydrogen-bond donors (Lipinski definition) is 0. The summed E-state index contributed by atoms with van der Waals surface area (Å²) >= 11 is 1.41. The van der Waals surface area contributed by atoms with Crippen molar-refractivity contribution in [1.82, 2.24) is 14.8 Å². The van der Waals surface area contributed by atoms with Crippen LogP contribution in [0.15, 0.2) is 10.9 Å². The van der Waals surface area contributed by atoms with Gasteiger partial charge in [0.2, 0.25) is 0 Å². The van der Waals surface area contributed by atoms with Gasteiger partial charge in [-0.15, -0.1) is 11.3 Å². The number of nitrogens with zero attached hydrogens (tertiary/aromatic N) is 3. The summed E-state index contributed by atoms with van der Waals surface area (Å²) in [6, 6.07) is 0. The maximum Gasteiger partial charge on any atom is 0.273 e. The Balaban J connectivity index is 1.37. The molecule has 1 saturated carbocycles. The highest BCUT2D eigenvalue weighted by molar-refractivity contribution is 7.07. The second-order valence-corrected chi connectivity index (χ2v) is 7.20. The first-order valence-corrected chi connectivity index (χ1v) is 8.12. The number of rotatable bonds is 2. The van der Waals surface area contributed by atoms with E-state index < -0.39 is 5.67 Å². The Morgan fingerprint density at radius 3 is 2.52 bits per heavy atom. The molecule has 5 nitrogen and oxygen atoms in total. The van der Waals surface area contributed by atoms with Crippen LogP contribution in [0.5, 0.6) is 0 Å². The van der Waals surface area contributed by atoms with Crippen molar-refractivity contribution >= 4 is 23.2 Å². The molecule has 2 saturated heterocycles. The normalized spacial score (nSPS) is 25.0. The van der Waals surface area contributed by atoms with Crippen molar-refractivity contribution in [1.29, 1.82) is 0 Å².